The highest BCUT2D eigenvalue weighted by Gasteiger charge is 1.97. The smallest absolute Gasteiger partial charge is 0.0364 e. The quantitative estimate of drug-likeness (QED) is 0.695. The Labute approximate surface area is 86.9 Å². The van der Waals surface area contributed by atoms with Gasteiger partial charge in [-0.05, 0) is 25.1 Å². The van der Waals surface area contributed by atoms with Crippen LogP contribution in [0.2, 0.25) is 0 Å². The third kappa shape index (κ3) is 3.79. The van der Waals surface area contributed by atoms with Gasteiger partial charge in [-0.3, -0.25) is 0 Å². The summed E-state index contributed by atoms with van der Waals surface area (Å²) in [4.78, 5) is 2.27. The van der Waals surface area contributed by atoms with E-state index in [-0.39, 0.29) is 0 Å². The second-order valence-electron chi connectivity index (χ2n) is 3.51. The average molecular weight is 192 g/mol. The van der Waals surface area contributed by atoms with E-state index in [9.17, 15) is 0 Å². The SMILES string of the molecule is CCCNCCN(C)c1ccccc1. The number of para-hydroxylation sites is 1. The first-order chi connectivity index (χ1) is 6.84. The van der Waals surface area contributed by atoms with E-state index in [0.29, 0.717) is 0 Å². The third-order valence-electron chi connectivity index (χ3n) is 2.25. The first-order valence-corrected chi connectivity index (χ1v) is 5.31. The molecular weight excluding hydrogens is 172 g/mol. The largest absolute Gasteiger partial charge is 0.373 e. The van der Waals surface area contributed by atoms with Gasteiger partial charge in [0, 0.05) is 25.8 Å². The van der Waals surface area contributed by atoms with Crippen LogP contribution >= 0.6 is 0 Å². The molecular formula is C12H20N2. The van der Waals surface area contributed by atoms with Crippen molar-refractivity contribution >= 4 is 5.69 Å². The van der Waals surface area contributed by atoms with Crippen LogP contribution in [0.3, 0.4) is 0 Å². The van der Waals surface area contributed by atoms with Crippen molar-refractivity contribution in [1.29, 1.82) is 0 Å². The molecule has 1 aromatic rings. The van der Waals surface area contributed by atoms with E-state index >= 15 is 0 Å². The Bertz CT molecular complexity index is 233. The normalized spacial score (nSPS) is 10.1. The Hall–Kier alpha value is -1.02. The molecule has 0 aromatic heterocycles. The summed E-state index contributed by atoms with van der Waals surface area (Å²) >= 11 is 0. The van der Waals surface area contributed by atoms with Gasteiger partial charge in [-0.2, -0.15) is 0 Å². The van der Waals surface area contributed by atoms with E-state index < -0.39 is 0 Å². The van der Waals surface area contributed by atoms with Crippen LogP contribution < -0.4 is 10.2 Å². The van der Waals surface area contributed by atoms with Crippen molar-refractivity contribution in [2.24, 2.45) is 0 Å². The Morgan fingerprint density at radius 3 is 2.50 bits per heavy atom. The lowest BCUT2D eigenvalue weighted by Crippen LogP contribution is -2.29. The topological polar surface area (TPSA) is 15.3 Å². The van der Waals surface area contributed by atoms with Gasteiger partial charge in [0.2, 0.25) is 0 Å². The number of hydrogen-bond acceptors (Lipinski definition) is 2. The molecule has 0 atom stereocenters. The molecule has 0 saturated carbocycles. The fourth-order valence-corrected chi connectivity index (χ4v) is 1.36. The van der Waals surface area contributed by atoms with Gasteiger partial charge in [-0.15, -0.1) is 0 Å². The zero-order chi connectivity index (χ0) is 10.2. The van der Waals surface area contributed by atoms with Crippen LogP contribution in [0.15, 0.2) is 30.3 Å². The maximum Gasteiger partial charge on any atom is 0.0364 e. The highest BCUT2D eigenvalue weighted by Crippen LogP contribution is 2.09. The van der Waals surface area contributed by atoms with Gasteiger partial charge in [-0.1, -0.05) is 25.1 Å². The molecule has 1 aromatic carbocycles. The number of likely N-dealkylation sites (N-methyl/N-ethyl adjacent to an activating group) is 1. The molecule has 14 heavy (non-hydrogen) atoms. The van der Waals surface area contributed by atoms with Crippen molar-refractivity contribution in [3.05, 3.63) is 30.3 Å². The van der Waals surface area contributed by atoms with Gasteiger partial charge in [0.1, 0.15) is 0 Å². The standard InChI is InChI=1S/C12H20N2/c1-3-9-13-10-11-14(2)12-7-5-4-6-8-12/h4-8,13H,3,9-11H2,1-2H3. The molecule has 0 bridgehead atoms. The van der Waals surface area contributed by atoms with Gasteiger partial charge in [-0.25, -0.2) is 0 Å². The number of benzene rings is 1. The third-order valence-corrected chi connectivity index (χ3v) is 2.25. The number of nitrogens with zero attached hydrogens (tertiary/aromatic N) is 1. The lowest BCUT2D eigenvalue weighted by molar-refractivity contribution is 0.666. The molecule has 0 fully saturated rings. The van der Waals surface area contributed by atoms with Gasteiger partial charge in [0.15, 0.2) is 0 Å². The zero-order valence-corrected chi connectivity index (χ0v) is 9.16. The van der Waals surface area contributed by atoms with Crippen molar-refractivity contribution in [2.75, 3.05) is 31.6 Å². The molecule has 0 aliphatic heterocycles. The predicted octanol–water partition coefficient (Wildman–Crippen LogP) is 2.12. The summed E-state index contributed by atoms with van der Waals surface area (Å²) in [6.07, 6.45) is 1.20. The van der Waals surface area contributed by atoms with Crippen LogP contribution in [0.5, 0.6) is 0 Å². The number of hydrogen-bond donors (Lipinski definition) is 1. The average Bonchev–Trinajstić information content (AvgIpc) is 2.25. The molecule has 78 valence electrons. The molecule has 0 saturated heterocycles. The van der Waals surface area contributed by atoms with Gasteiger partial charge < -0.3 is 10.2 Å². The maximum atomic E-state index is 3.39. The molecule has 0 heterocycles. The molecule has 0 aliphatic rings. The van der Waals surface area contributed by atoms with Crippen LogP contribution in [-0.4, -0.2) is 26.7 Å². The van der Waals surface area contributed by atoms with Crippen molar-refractivity contribution in [1.82, 2.24) is 5.32 Å². The Morgan fingerprint density at radius 1 is 1.14 bits per heavy atom. The molecule has 0 spiro atoms. The monoisotopic (exact) mass is 192 g/mol. The zero-order valence-electron chi connectivity index (χ0n) is 9.16. The summed E-state index contributed by atoms with van der Waals surface area (Å²) in [6, 6.07) is 10.5. The van der Waals surface area contributed by atoms with Gasteiger partial charge >= 0.3 is 0 Å². The highest BCUT2D eigenvalue weighted by atomic mass is 15.1. The van der Waals surface area contributed by atoms with Crippen molar-refractivity contribution in [3.8, 4) is 0 Å². The summed E-state index contributed by atoms with van der Waals surface area (Å²) < 4.78 is 0. The molecule has 0 amide bonds. The van der Waals surface area contributed by atoms with Crippen molar-refractivity contribution in [2.45, 2.75) is 13.3 Å². The summed E-state index contributed by atoms with van der Waals surface area (Å²) in [5.41, 5.74) is 1.28. The van der Waals surface area contributed by atoms with Gasteiger partial charge in [0.25, 0.3) is 0 Å². The van der Waals surface area contributed by atoms with Crippen LogP contribution in [0.1, 0.15) is 13.3 Å². The Balaban J connectivity index is 2.25. The van der Waals surface area contributed by atoms with E-state index in [1.807, 2.05) is 6.07 Å². The minimum Gasteiger partial charge on any atom is -0.373 e. The summed E-state index contributed by atoms with van der Waals surface area (Å²) in [5, 5.41) is 3.39. The second kappa shape index (κ2) is 6.44. The number of anilines is 1. The molecule has 0 unspecified atom stereocenters. The second-order valence-corrected chi connectivity index (χ2v) is 3.51. The number of rotatable bonds is 6. The highest BCUT2D eigenvalue weighted by molar-refractivity contribution is 5.44. The van der Waals surface area contributed by atoms with E-state index in [1.54, 1.807) is 0 Å². The molecule has 1 rings (SSSR count). The van der Waals surface area contributed by atoms with Crippen LogP contribution in [0.4, 0.5) is 5.69 Å². The van der Waals surface area contributed by atoms with E-state index in [2.05, 4.69) is 48.5 Å². The first kappa shape index (κ1) is 11.1. The molecule has 0 aliphatic carbocycles. The number of nitrogens with one attached hydrogen (secondary N) is 1. The molecule has 2 heteroatoms. The fourth-order valence-electron chi connectivity index (χ4n) is 1.36. The molecule has 0 radical (unpaired) electrons. The summed E-state index contributed by atoms with van der Waals surface area (Å²) in [7, 11) is 2.13. The Morgan fingerprint density at radius 2 is 1.86 bits per heavy atom. The van der Waals surface area contributed by atoms with E-state index in [4.69, 9.17) is 0 Å². The molecule has 2 nitrogen and oxygen atoms in total. The van der Waals surface area contributed by atoms with Crippen LogP contribution in [0, 0.1) is 0 Å². The lowest BCUT2D eigenvalue weighted by atomic mass is 10.3. The first-order valence-electron chi connectivity index (χ1n) is 5.31. The lowest BCUT2D eigenvalue weighted by Gasteiger charge is -2.19. The fraction of sp³-hybridized carbons (Fsp3) is 0.500. The summed E-state index contributed by atoms with van der Waals surface area (Å²) in [6.45, 7) is 5.42. The van der Waals surface area contributed by atoms with Crippen molar-refractivity contribution < 1.29 is 0 Å². The van der Waals surface area contributed by atoms with E-state index in [1.165, 1.54) is 12.1 Å². The predicted molar refractivity (Wildman–Crippen MR) is 62.9 cm³/mol. The van der Waals surface area contributed by atoms with Gasteiger partial charge in [0.05, 0.1) is 0 Å². The van der Waals surface area contributed by atoms with E-state index in [0.717, 1.165) is 19.6 Å². The summed E-state index contributed by atoms with van der Waals surface area (Å²) in [5.74, 6) is 0. The van der Waals surface area contributed by atoms with Crippen LogP contribution in [0.25, 0.3) is 0 Å². The Kier molecular flexibility index (Phi) is 5.08. The minimum absolute atomic E-state index is 1.05. The maximum absolute atomic E-state index is 3.39. The van der Waals surface area contributed by atoms with Crippen LogP contribution in [-0.2, 0) is 0 Å². The minimum atomic E-state index is 1.05. The van der Waals surface area contributed by atoms with Crippen molar-refractivity contribution in [3.63, 3.8) is 0 Å². The molecule has 1 N–H and O–H groups in total.